The van der Waals surface area contributed by atoms with E-state index in [-0.39, 0.29) is 11.8 Å². The second-order valence-corrected chi connectivity index (χ2v) is 6.48. The van der Waals surface area contributed by atoms with Crippen LogP contribution in [0.5, 0.6) is 0 Å². The van der Waals surface area contributed by atoms with E-state index in [9.17, 15) is 10.2 Å². The summed E-state index contributed by atoms with van der Waals surface area (Å²) in [5, 5.41) is 21.8. The number of rotatable bonds is 6. The average Bonchev–Trinajstić information content (AvgIpc) is 2.55. The molecule has 0 amide bonds. The van der Waals surface area contributed by atoms with Crippen LogP contribution < -0.4 is 0 Å². The van der Waals surface area contributed by atoms with E-state index in [4.69, 9.17) is 0 Å². The number of hydrogen-bond acceptors (Lipinski definition) is 2. The maximum Gasteiger partial charge on any atom is 0.0922 e. The summed E-state index contributed by atoms with van der Waals surface area (Å²) >= 11 is 0. The highest BCUT2D eigenvalue weighted by molar-refractivity contribution is 5.24. The second kappa shape index (κ2) is 7.08. The Morgan fingerprint density at radius 1 is 0.864 bits per heavy atom. The molecule has 2 nitrogen and oxygen atoms in total. The quantitative estimate of drug-likeness (QED) is 0.835. The summed E-state index contributed by atoms with van der Waals surface area (Å²) in [6, 6.07) is 19.4. The summed E-state index contributed by atoms with van der Waals surface area (Å²) in [5.41, 5.74) is 0.877. The van der Waals surface area contributed by atoms with E-state index in [0.717, 1.165) is 11.1 Å². The minimum Gasteiger partial charge on any atom is -0.388 e. The number of aliphatic hydroxyl groups is 2. The van der Waals surface area contributed by atoms with E-state index in [1.165, 1.54) is 0 Å². The largest absolute Gasteiger partial charge is 0.388 e. The summed E-state index contributed by atoms with van der Waals surface area (Å²) in [7, 11) is 0. The van der Waals surface area contributed by atoms with E-state index in [2.05, 4.69) is 0 Å². The summed E-state index contributed by atoms with van der Waals surface area (Å²) in [5.74, 6) is 0.0235. The first-order valence-electron chi connectivity index (χ1n) is 7.96. The molecule has 0 spiro atoms. The molecule has 2 aromatic rings. The predicted octanol–water partition coefficient (Wildman–Crippen LogP) is 4.29. The molecular weight excluding hydrogens is 272 g/mol. The molecule has 2 aromatic carbocycles. The van der Waals surface area contributed by atoms with Gasteiger partial charge in [-0.05, 0) is 29.4 Å². The lowest BCUT2D eigenvalue weighted by molar-refractivity contribution is -0.0486. The van der Waals surface area contributed by atoms with Gasteiger partial charge in [0.25, 0.3) is 0 Å². The molecule has 0 aliphatic rings. The highest BCUT2D eigenvalue weighted by Crippen LogP contribution is 2.39. The van der Waals surface area contributed by atoms with Crippen LogP contribution in [0.15, 0.2) is 60.7 Å². The van der Waals surface area contributed by atoms with Crippen molar-refractivity contribution in [3.8, 4) is 0 Å². The van der Waals surface area contributed by atoms with E-state index < -0.39 is 11.7 Å². The molecule has 0 aliphatic carbocycles. The van der Waals surface area contributed by atoms with Gasteiger partial charge in [-0.3, -0.25) is 0 Å². The lowest BCUT2D eigenvalue weighted by Gasteiger charge is -2.36. The van der Waals surface area contributed by atoms with Crippen molar-refractivity contribution in [1.29, 1.82) is 0 Å². The molecule has 3 atom stereocenters. The molecule has 0 aromatic heterocycles. The zero-order chi connectivity index (χ0) is 16.2. The summed E-state index contributed by atoms with van der Waals surface area (Å²) in [6.07, 6.45) is -0.0553. The van der Waals surface area contributed by atoms with Crippen molar-refractivity contribution >= 4 is 0 Å². The van der Waals surface area contributed by atoms with Crippen LogP contribution in [0, 0.1) is 11.8 Å². The van der Waals surface area contributed by atoms with Gasteiger partial charge in [0.1, 0.15) is 0 Å². The lowest BCUT2D eigenvalue weighted by Crippen LogP contribution is -2.35. The Balaban J connectivity index is 2.21. The molecule has 0 radical (unpaired) electrons. The highest BCUT2D eigenvalue weighted by Gasteiger charge is 2.36. The number of aliphatic hydroxyl groups excluding tert-OH is 1. The van der Waals surface area contributed by atoms with Crippen LogP contribution in [-0.2, 0) is 5.60 Å². The van der Waals surface area contributed by atoms with Gasteiger partial charge in [0.15, 0.2) is 0 Å². The maximum atomic E-state index is 11.2. The van der Waals surface area contributed by atoms with E-state index >= 15 is 0 Å². The van der Waals surface area contributed by atoms with Gasteiger partial charge in [-0.15, -0.1) is 0 Å². The van der Waals surface area contributed by atoms with Gasteiger partial charge >= 0.3 is 0 Å². The van der Waals surface area contributed by atoms with Crippen LogP contribution in [0.1, 0.15) is 44.4 Å². The van der Waals surface area contributed by atoms with Crippen molar-refractivity contribution in [1.82, 2.24) is 0 Å². The summed E-state index contributed by atoms with van der Waals surface area (Å²) < 4.78 is 0. The zero-order valence-electron chi connectivity index (χ0n) is 13.6. The SMILES string of the molecule is CC(CC(O)(c1ccccc1)C(C)C)C(O)c1ccccc1. The molecular formula is C20H26O2. The molecule has 2 heteroatoms. The van der Waals surface area contributed by atoms with Crippen LogP contribution >= 0.6 is 0 Å². The first-order valence-corrected chi connectivity index (χ1v) is 7.96. The molecule has 22 heavy (non-hydrogen) atoms. The Kier molecular flexibility index (Phi) is 5.38. The topological polar surface area (TPSA) is 40.5 Å². The van der Waals surface area contributed by atoms with Crippen molar-refractivity contribution in [2.75, 3.05) is 0 Å². The fourth-order valence-electron chi connectivity index (χ4n) is 2.99. The van der Waals surface area contributed by atoms with E-state index in [0.29, 0.717) is 6.42 Å². The normalized spacial score (nSPS) is 17.0. The van der Waals surface area contributed by atoms with Crippen molar-refractivity contribution in [3.05, 3.63) is 71.8 Å². The third kappa shape index (κ3) is 3.57. The van der Waals surface area contributed by atoms with Gasteiger partial charge in [0, 0.05) is 0 Å². The Morgan fingerprint density at radius 3 is 1.86 bits per heavy atom. The molecule has 0 aliphatic heterocycles. The predicted molar refractivity (Wildman–Crippen MR) is 90.4 cm³/mol. The van der Waals surface area contributed by atoms with E-state index in [1.54, 1.807) is 0 Å². The molecule has 0 heterocycles. The van der Waals surface area contributed by atoms with Crippen molar-refractivity contribution in [3.63, 3.8) is 0 Å². The van der Waals surface area contributed by atoms with Gasteiger partial charge in [0.05, 0.1) is 11.7 Å². The smallest absolute Gasteiger partial charge is 0.0922 e. The zero-order valence-corrected chi connectivity index (χ0v) is 13.6. The Hall–Kier alpha value is -1.64. The number of hydrogen-bond donors (Lipinski definition) is 2. The summed E-state index contributed by atoms with van der Waals surface area (Å²) in [4.78, 5) is 0. The molecule has 2 rings (SSSR count). The third-order valence-corrected chi connectivity index (χ3v) is 4.54. The minimum atomic E-state index is -0.934. The fraction of sp³-hybridized carbons (Fsp3) is 0.400. The van der Waals surface area contributed by atoms with Crippen LogP contribution in [0.25, 0.3) is 0 Å². The molecule has 2 N–H and O–H groups in total. The Labute approximate surface area is 133 Å². The molecule has 0 fully saturated rings. The molecule has 118 valence electrons. The van der Waals surface area contributed by atoms with Crippen LogP contribution in [-0.4, -0.2) is 10.2 Å². The molecule has 0 bridgehead atoms. The lowest BCUT2D eigenvalue weighted by atomic mass is 9.75. The van der Waals surface area contributed by atoms with Gasteiger partial charge in [0.2, 0.25) is 0 Å². The van der Waals surface area contributed by atoms with Crippen LogP contribution in [0.2, 0.25) is 0 Å². The summed E-state index contributed by atoms with van der Waals surface area (Å²) in [6.45, 7) is 6.04. The second-order valence-electron chi connectivity index (χ2n) is 6.48. The first-order chi connectivity index (χ1) is 10.4. The Morgan fingerprint density at radius 2 is 1.36 bits per heavy atom. The number of benzene rings is 2. The highest BCUT2D eigenvalue weighted by atomic mass is 16.3. The van der Waals surface area contributed by atoms with Crippen molar-refractivity contribution in [2.24, 2.45) is 11.8 Å². The van der Waals surface area contributed by atoms with Crippen LogP contribution in [0.3, 0.4) is 0 Å². The van der Waals surface area contributed by atoms with Gasteiger partial charge < -0.3 is 10.2 Å². The monoisotopic (exact) mass is 298 g/mol. The first kappa shape index (κ1) is 16.7. The standard InChI is InChI=1S/C20H26O2/c1-15(2)20(22,18-12-8-5-9-13-18)14-16(3)19(21)17-10-6-4-7-11-17/h4-13,15-16,19,21-22H,14H2,1-3H3. The maximum absolute atomic E-state index is 11.2. The van der Waals surface area contributed by atoms with E-state index in [1.807, 2.05) is 81.4 Å². The average molecular weight is 298 g/mol. The molecule has 0 saturated carbocycles. The van der Waals surface area contributed by atoms with Crippen molar-refractivity contribution < 1.29 is 10.2 Å². The third-order valence-electron chi connectivity index (χ3n) is 4.54. The molecule has 3 unspecified atom stereocenters. The fourth-order valence-corrected chi connectivity index (χ4v) is 2.99. The van der Waals surface area contributed by atoms with Gasteiger partial charge in [-0.1, -0.05) is 81.4 Å². The Bertz CT molecular complexity index is 565. The molecule has 0 saturated heterocycles. The van der Waals surface area contributed by atoms with Gasteiger partial charge in [-0.2, -0.15) is 0 Å². The van der Waals surface area contributed by atoms with Gasteiger partial charge in [-0.25, -0.2) is 0 Å². The van der Waals surface area contributed by atoms with Crippen molar-refractivity contribution in [2.45, 2.75) is 38.9 Å². The van der Waals surface area contributed by atoms with Crippen LogP contribution in [0.4, 0.5) is 0 Å². The minimum absolute atomic E-state index is 0.0463.